The van der Waals surface area contributed by atoms with Crippen LogP contribution >= 0.6 is 0 Å². The third kappa shape index (κ3) is 5.04. The number of aliphatic hydroxyl groups is 4. The lowest BCUT2D eigenvalue weighted by molar-refractivity contribution is -0.277. The molecule has 11 nitrogen and oxygen atoms in total. The molecule has 0 spiro atoms. The zero-order chi connectivity index (χ0) is 25.1. The Kier molecular flexibility index (Phi) is 7.72. The highest BCUT2D eigenvalue weighted by molar-refractivity contribution is 5.56. The molecule has 2 heterocycles. The van der Waals surface area contributed by atoms with Gasteiger partial charge in [0.05, 0.1) is 27.9 Å². The number of methoxy groups -OCH3 is 3. The molecule has 0 radical (unpaired) electrons. The van der Waals surface area contributed by atoms with Crippen molar-refractivity contribution in [2.75, 3.05) is 34.7 Å². The molecule has 0 bridgehead atoms. The van der Waals surface area contributed by atoms with Crippen LogP contribution in [0.15, 0.2) is 24.3 Å². The highest BCUT2D eigenvalue weighted by atomic mass is 16.7. The van der Waals surface area contributed by atoms with Gasteiger partial charge in [-0.15, -0.1) is 0 Å². The van der Waals surface area contributed by atoms with E-state index in [-0.39, 0.29) is 12.5 Å². The summed E-state index contributed by atoms with van der Waals surface area (Å²) in [5.74, 6) is 2.66. The maximum absolute atomic E-state index is 10.3. The second-order valence-electron chi connectivity index (χ2n) is 8.18. The smallest absolute Gasteiger partial charge is 0.231 e. The molecule has 5 unspecified atom stereocenters. The standard InChI is InChI=1S/C24H30O11/c1-29-14-6-12(7-15(30-2)22(14)31-3)4-5-13-8-16-23(33-11-32-16)17(9-13)34-24-21(28)20(27)19(26)18(10-25)35-24/h6-9,18-21,24-28H,4-5,10-11H2,1-3H3. The molecule has 11 heteroatoms. The minimum Gasteiger partial charge on any atom is -0.493 e. The zero-order valence-electron chi connectivity index (χ0n) is 19.7. The van der Waals surface area contributed by atoms with Crippen LogP contribution in [-0.4, -0.2) is 85.9 Å². The average molecular weight is 494 g/mol. The number of aryl methyl sites for hydroxylation is 2. The first-order valence-corrected chi connectivity index (χ1v) is 11.1. The molecule has 0 aliphatic carbocycles. The van der Waals surface area contributed by atoms with Gasteiger partial charge in [-0.25, -0.2) is 0 Å². The van der Waals surface area contributed by atoms with Gasteiger partial charge in [-0.3, -0.25) is 0 Å². The Labute approximate surface area is 202 Å². The van der Waals surface area contributed by atoms with Crippen molar-refractivity contribution >= 4 is 0 Å². The van der Waals surface area contributed by atoms with Gasteiger partial charge in [0, 0.05) is 0 Å². The van der Waals surface area contributed by atoms with Crippen molar-refractivity contribution in [1.82, 2.24) is 0 Å². The monoisotopic (exact) mass is 494 g/mol. The Morgan fingerprint density at radius 2 is 1.43 bits per heavy atom. The van der Waals surface area contributed by atoms with E-state index >= 15 is 0 Å². The number of hydrogen-bond donors (Lipinski definition) is 4. The quantitative estimate of drug-likeness (QED) is 0.384. The maximum Gasteiger partial charge on any atom is 0.231 e. The third-order valence-corrected chi connectivity index (χ3v) is 6.02. The van der Waals surface area contributed by atoms with E-state index in [0.717, 1.165) is 11.1 Å². The first-order chi connectivity index (χ1) is 16.9. The van der Waals surface area contributed by atoms with Crippen LogP contribution in [0.2, 0.25) is 0 Å². The molecule has 1 saturated heterocycles. The predicted molar refractivity (Wildman–Crippen MR) is 120 cm³/mol. The summed E-state index contributed by atoms with van der Waals surface area (Å²) in [6, 6.07) is 7.31. The van der Waals surface area contributed by atoms with Crippen molar-refractivity contribution in [3.63, 3.8) is 0 Å². The van der Waals surface area contributed by atoms with Gasteiger partial charge in [-0.2, -0.15) is 0 Å². The van der Waals surface area contributed by atoms with Crippen LogP contribution in [0.5, 0.6) is 34.5 Å². The number of ether oxygens (including phenoxy) is 7. The molecule has 0 aromatic heterocycles. The lowest BCUT2D eigenvalue weighted by atomic mass is 9.99. The predicted octanol–water partition coefficient (Wildman–Crippen LogP) is 0.405. The lowest BCUT2D eigenvalue weighted by Crippen LogP contribution is -2.60. The van der Waals surface area contributed by atoms with Gasteiger partial charge in [0.15, 0.2) is 23.0 Å². The zero-order valence-corrected chi connectivity index (χ0v) is 19.7. The number of fused-ring (bicyclic) bond motifs is 1. The lowest BCUT2D eigenvalue weighted by Gasteiger charge is -2.39. The Balaban J connectivity index is 1.55. The summed E-state index contributed by atoms with van der Waals surface area (Å²) in [4.78, 5) is 0. The van der Waals surface area contributed by atoms with Crippen molar-refractivity contribution < 1.29 is 53.6 Å². The van der Waals surface area contributed by atoms with Crippen LogP contribution in [-0.2, 0) is 17.6 Å². The van der Waals surface area contributed by atoms with Crippen molar-refractivity contribution in [2.24, 2.45) is 0 Å². The Bertz CT molecular complexity index is 1000. The fourth-order valence-corrected chi connectivity index (χ4v) is 4.12. The highest BCUT2D eigenvalue weighted by Crippen LogP contribution is 2.44. The first kappa shape index (κ1) is 25.1. The van der Waals surface area contributed by atoms with Crippen LogP contribution in [0.1, 0.15) is 11.1 Å². The van der Waals surface area contributed by atoms with Gasteiger partial charge in [-0.05, 0) is 48.2 Å². The Morgan fingerprint density at radius 1 is 0.800 bits per heavy atom. The normalized spacial score (nSPS) is 25.3. The van der Waals surface area contributed by atoms with E-state index in [1.807, 2.05) is 18.2 Å². The second kappa shape index (κ2) is 10.8. The van der Waals surface area contributed by atoms with Crippen LogP contribution < -0.4 is 28.4 Å². The highest BCUT2D eigenvalue weighted by Gasteiger charge is 2.45. The summed E-state index contributed by atoms with van der Waals surface area (Å²) < 4.78 is 38.6. The molecular formula is C24H30O11. The minimum atomic E-state index is -1.56. The van der Waals surface area contributed by atoms with Crippen molar-refractivity contribution in [2.45, 2.75) is 43.5 Å². The largest absolute Gasteiger partial charge is 0.493 e. The molecule has 0 saturated carbocycles. The molecule has 2 aromatic carbocycles. The molecule has 4 rings (SSSR count). The van der Waals surface area contributed by atoms with Crippen molar-refractivity contribution in [3.8, 4) is 34.5 Å². The molecule has 2 aromatic rings. The van der Waals surface area contributed by atoms with E-state index in [1.165, 1.54) is 0 Å². The van der Waals surface area contributed by atoms with E-state index in [4.69, 9.17) is 33.2 Å². The van der Waals surface area contributed by atoms with Crippen molar-refractivity contribution in [3.05, 3.63) is 35.4 Å². The van der Waals surface area contributed by atoms with Gasteiger partial charge in [0.25, 0.3) is 0 Å². The summed E-state index contributed by atoms with van der Waals surface area (Å²) >= 11 is 0. The van der Waals surface area contributed by atoms with Crippen LogP contribution in [0, 0.1) is 0 Å². The molecule has 4 N–H and O–H groups in total. The van der Waals surface area contributed by atoms with Crippen LogP contribution in [0.3, 0.4) is 0 Å². The van der Waals surface area contributed by atoms with Crippen LogP contribution in [0.4, 0.5) is 0 Å². The van der Waals surface area contributed by atoms with Gasteiger partial charge in [-0.1, -0.05) is 0 Å². The fraction of sp³-hybridized carbons (Fsp3) is 0.500. The summed E-state index contributed by atoms with van der Waals surface area (Å²) in [6.45, 7) is -0.561. The topological polar surface area (TPSA) is 146 Å². The van der Waals surface area contributed by atoms with Gasteiger partial charge in [0.1, 0.15) is 24.4 Å². The molecule has 1 fully saturated rings. The van der Waals surface area contributed by atoms with E-state index in [1.54, 1.807) is 27.4 Å². The molecule has 0 amide bonds. The fourth-order valence-electron chi connectivity index (χ4n) is 4.12. The molecule has 5 atom stereocenters. The molecule has 35 heavy (non-hydrogen) atoms. The second-order valence-corrected chi connectivity index (χ2v) is 8.18. The summed E-state index contributed by atoms with van der Waals surface area (Å²) in [5, 5.41) is 39.9. The van der Waals surface area contributed by atoms with Crippen LogP contribution in [0.25, 0.3) is 0 Å². The number of rotatable bonds is 9. The molecule has 2 aliphatic heterocycles. The number of hydrogen-bond acceptors (Lipinski definition) is 11. The number of benzene rings is 2. The number of aliphatic hydroxyl groups excluding tert-OH is 4. The van der Waals surface area contributed by atoms with Crippen molar-refractivity contribution in [1.29, 1.82) is 0 Å². The summed E-state index contributed by atoms with van der Waals surface area (Å²) in [6.07, 6.45) is -5.81. The van der Waals surface area contributed by atoms with E-state index in [0.29, 0.717) is 41.6 Å². The van der Waals surface area contributed by atoms with E-state index < -0.39 is 37.3 Å². The maximum atomic E-state index is 10.3. The molecule has 192 valence electrons. The SMILES string of the molecule is COc1cc(CCc2cc3c(c(OC4OC(CO)C(O)C(O)C4O)c2)OCO3)cc(OC)c1OC. The average Bonchev–Trinajstić information content (AvgIpc) is 3.36. The Hall–Kier alpha value is -2.96. The molecule has 2 aliphatic rings. The summed E-state index contributed by atoms with van der Waals surface area (Å²) in [5.41, 5.74) is 1.80. The van der Waals surface area contributed by atoms with E-state index in [2.05, 4.69) is 0 Å². The Morgan fingerprint density at radius 3 is 2.03 bits per heavy atom. The van der Waals surface area contributed by atoms with Gasteiger partial charge >= 0.3 is 0 Å². The third-order valence-electron chi connectivity index (χ3n) is 6.02. The van der Waals surface area contributed by atoms with Gasteiger partial charge in [0.2, 0.25) is 24.6 Å². The first-order valence-electron chi connectivity index (χ1n) is 11.1. The molecular weight excluding hydrogens is 464 g/mol. The summed E-state index contributed by atoms with van der Waals surface area (Å²) in [7, 11) is 4.66. The van der Waals surface area contributed by atoms with E-state index in [9.17, 15) is 20.4 Å². The van der Waals surface area contributed by atoms with Gasteiger partial charge < -0.3 is 53.6 Å². The minimum absolute atomic E-state index is 0.00327.